The van der Waals surface area contributed by atoms with Gasteiger partial charge in [-0.15, -0.1) is 0 Å². The van der Waals surface area contributed by atoms with Gasteiger partial charge in [-0.3, -0.25) is 0 Å². The number of hydrogen-bond acceptors (Lipinski definition) is 7. The van der Waals surface area contributed by atoms with Crippen LogP contribution in [0.3, 0.4) is 0 Å². The zero-order valence-electron chi connectivity index (χ0n) is 23.2. The molecule has 0 aromatic heterocycles. The topological polar surface area (TPSA) is 80.3 Å². The molecule has 4 aromatic carbocycles. The van der Waals surface area contributed by atoms with Crippen LogP contribution in [0.1, 0.15) is 38.8 Å². The minimum Gasteiger partial charge on any atom is -0.491 e. The molecule has 0 aliphatic heterocycles. The summed E-state index contributed by atoms with van der Waals surface area (Å²) in [5, 5.41) is 0. The van der Waals surface area contributed by atoms with Gasteiger partial charge >= 0.3 is 11.9 Å². The number of ether oxygens (including phenoxy) is 5. The molecule has 0 unspecified atom stereocenters. The number of halogens is 2. The van der Waals surface area contributed by atoms with Crippen molar-refractivity contribution in [1.82, 2.24) is 0 Å². The summed E-state index contributed by atoms with van der Waals surface area (Å²) in [6, 6.07) is 24.8. The van der Waals surface area contributed by atoms with Gasteiger partial charge in [0.1, 0.15) is 36.2 Å². The van der Waals surface area contributed by atoms with Gasteiger partial charge in [0.25, 0.3) is 0 Å². The van der Waals surface area contributed by atoms with Gasteiger partial charge in [-0.2, -0.15) is 0 Å². The fraction of sp³-hybridized carbons (Fsp3) is 0.212. The van der Waals surface area contributed by atoms with Crippen LogP contribution < -0.4 is 18.9 Å². The van der Waals surface area contributed by atoms with Crippen molar-refractivity contribution in [2.24, 2.45) is 0 Å². The van der Waals surface area contributed by atoms with E-state index in [2.05, 4.69) is 52.1 Å². The van der Waals surface area contributed by atoms with Crippen LogP contribution in [0.5, 0.6) is 23.0 Å². The second-order valence-electron chi connectivity index (χ2n) is 9.15. The summed E-state index contributed by atoms with van der Waals surface area (Å²) in [4.78, 5) is 24.9. The van der Waals surface area contributed by atoms with Crippen LogP contribution in [-0.4, -0.2) is 38.4 Å². The van der Waals surface area contributed by atoms with E-state index in [1.54, 1.807) is 66.7 Å². The van der Waals surface area contributed by atoms with Crippen molar-refractivity contribution in [2.45, 2.75) is 20.3 Å². The Morgan fingerprint density at radius 1 is 0.595 bits per heavy atom. The molecule has 0 saturated carbocycles. The Kier molecular flexibility index (Phi) is 12.0. The second-order valence-corrected chi connectivity index (χ2v) is 11.5. The van der Waals surface area contributed by atoms with Crippen molar-refractivity contribution in [3.8, 4) is 23.0 Å². The Hall–Kier alpha value is -3.16. The summed E-state index contributed by atoms with van der Waals surface area (Å²) in [7, 11) is 0. The number of benzene rings is 4. The van der Waals surface area contributed by atoms with Crippen LogP contribution in [-0.2, 0) is 11.2 Å². The first-order chi connectivity index (χ1) is 20.3. The highest BCUT2D eigenvalue weighted by Gasteiger charge is 2.12. The Bertz CT molecular complexity index is 1500. The second kappa shape index (κ2) is 15.9. The van der Waals surface area contributed by atoms with E-state index in [4.69, 9.17) is 23.7 Å². The minimum atomic E-state index is -0.406. The molecule has 0 amide bonds. The van der Waals surface area contributed by atoms with Crippen molar-refractivity contribution in [2.75, 3.05) is 26.4 Å². The molecule has 0 saturated heterocycles. The van der Waals surface area contributed by atoms with Gasteiger partial charge in [-0.25, -0.2) is 9.59 Å². The lowest BCUT2D eigenvalue weighted by atomic mass is 10.0. The molecule has 9 heteroatoms. The average Bonchev–Trinajstić information content (AvgIpc) is 2.99. The van der Waals surface area contributed by atoms with Crippen LogP contribution in [0, 0.1) is 14.1 Å². The summed E-state index contributed by atoms with van der Waals surface area (Å²) in [5.74, 6) is 1.39. The van der Waals surface area contributed by atoms with E-state index >= 15 is 0 Å². The van der Waals surface area contributed by atoms with E-state index in [0.29, 0.717) is 60.6 Å². The summed E-state index contributed by atoms with van der Waals surface area (Å²) < 4.78 is 30.0. The van der Waals surface area contributed by atoms with E-state index in [9.17, 15) is 9.59 Å². The Balaban J connectivity index is 1.10. The summed E-state index contributed by atoms with van der Waals surface area (Å²) >= 11 is 4.41. The van der Waals surface area contributed by atoms with E-state index < -0.39 is 5.97 Å². The van der Waals surface area contributed by atoms with Crippen molar-refractivity contribution >= 4 is 57.1 Å². The summed E-state index contributed by atoms with van der Waals surface area (Å²) in [5.41, 5.74) is 3.32. The number of hydrogen-bond donors (Lipinski definition) is 0. The lowest BCUT2D eigenvalue weighted by Gasteiger charge is -2.10. The molecule has 0 radical (unpaired) electrons. The number of aryl methyl sites for hydroxylation is 2. The van der Waals surface area contributed by atoms with E-state index in [-0.39, 0.29) is 5.97 Å². The van der Waals surface area contributed by atoms with Crippen molar-refractivity contribution < 1.29 is 33.3 Å². The molecule has 4 aromatic rings. The lowest BCUT2D eigenvalue weighted by molar-refractivity contribution is 0.0725. The van der Waals surface area contributed by atoms with Gasteiger partial charge in [-0.05, 0) is 149 Å². The Morgan fingerprint density at radius 2 is 1.07 bits per heavy atom. The monoisotopic (exact) mass is 792 g/mol. The first-order valence-corrected chi connectivity index (χ1v) is 15.5. The van der Waals surface area contributed by atoms with Crippen LogP contribution >= 0.6 is 45.2 Å². The third-order valence-corrected chi connectivity index (χ3v) is 9.05. The highest BCUT2D eigenvalue weighted by molar-refractivity contribution is 14.1. The molecule has 0 aliphatic rings. The van der Waals surface area contributed by atoms with Gasteiger partial charge in [-0.1, -0.05) is 13.0 Å². The van der Waals surface area contributed by atoms with Crippen molar-refractivity contribution in [1.29, 1.82) is 0 Å². The van der Waals surface area contributed by atoms with Crippen molar-refractivity contribution in [3.63, 3.8) is 0 Å². The molecule has 7 nitrogen and oxygen atoms in total. The molecular formula is C33H30I2O7. The van der Waals surface area contributed by atoms with Gasteiger partial charge in [0.2, 0.25) is 0 Å². The first kappa shape index (κ1) is 31.8. The molecule has 218 valence electrons. The van der Waals surface area contributed by atoms with Crippen LogP contribution in [0.15, 0.2) is 84.9 Å². The molecule has 0 atom stereocenters. The van der Waals surface area contributed by atoms with Gasteiger partial charge in [0.15, 0.2) is 0 Å². The number of carbonyl (C=O) groups excluding carboxylic acids is 2. The molecule has 0 heterocycles. The van der Waals surface area contributed by atoms with Gasteiger partial charge in [0, 0.05) is 7.14 Å². The molecule has 0 aliphatic carbocycles. The normalized spacial score (nSPS) is 10.7. The van der Waals surface area contributed by atoms with Crippen LogP contribution in [0.25, 0.3) is 0 Å². The molecule has 0 fully saturated rings. The minimum absolute atomic E-state index is 0.362. The fourth-order valence-corrected chi connectivity index (χ4v) is 4.73. The van der Waals surface area contributed by atoms with Gasteiger partial charge < -0.3 is 23.7 Å². The smallest absolute Gasteiger partial charge is 0.343 e. The highest BCUT2D eigenvalue weighted by Crippen LogP contribution is 2.22. The predicted molar refractivity (Wildman–Crippen MR) is 177 cm³/mol. The zero-order chi connectivity index (χ0) is 29.9. The molecule has 4 rings (SSSR count). The largest absolute Gasteiger partial charge is 0.491 e. The highest BCUT2D eigenvalue weighted by atomic mass is 127. The average molecular weight is 792 g/mol. The van der Waals surface area contributed by atoms with Crippen molar-refractivity contribution in [3.05, 3.63) is 114 Å². The third kappa shape index (κ3) is 9.43. The Labute approximate surface area is 272 Å². The lowest BCUT2D eigenvalue weighted by Crippen LogP contribution is -2.12. The predicted octanol–water partition coefficient (Wildman–Crippen LogP) is 7.68. The summed E-state index contributed by atoms with van der Waals surface area (Å²) in [6.07, 6.45) is 0.860. The molecular weight excluding hydrogens is 762 g/mol. The van der Waals surface area contributed by atoms with E-state index in [1.807, 2.05) is 25.1 Å². The quantitative estimate of drug-likeness (QED) is 0.0595. The number of esters is 2. The first-order valence-electron chi connectivity index (χ1n) is 13.3. The molecule has 0 spiro atoms. The SMILES string of the molecule is CCc1cc(C(=O)Oc2ccc(OCCOCCOc3ccc(OC(=O)c4ccc(I)c(I)c4)cc3)cc2)ccc1C. The van der Waals surface area contributed by atoms with Crippen LogP contribution in [0.2, 0.25) is 0 Å². The number of rotatable bonds is 13. The van der Waals surface area contributed by atoms with Gasteiger partial charge in [0.05, 0.1) is 24.3 Å². The maximum Gasteiger partial charge on any atom is 0.343 e. The van der Waals surface area contributed by atoms with Crippen LogP contribution in [0.4, 0.5) is 0 Å². The molecule has 0 N–H and O–H groups in total. The molecule has 42 heavy (non-hydrogen) atoms. The fourth-order valence-electron chi connectivity index (χ4n) is 3.88. The maximum absolute atomic E-state index is 12.5. The third-order valence-electron chi connectivity index (χ3n) is 6.18. The molecule has 0 bridgehead atoms. The Morgan fingerprint density at radius 3 is 1.57 bits per heavy atom. The van der Waals surface area contributed by atoms with E-state index in [0.717, 1.165) is 24.7 Å². The maximum atomic E-state index is 12.5. The summed E-state index contributed by atoms with van der Waals surface area (Å²) in [6.45, 7) is 5.59. The van der Waals surface area contributed by atoms with E-state index in [1.165, 1.54) is 0 Å². The standard InChI is InChI=1S/C33H30I2O7/c1-3-23-20-24(5-4-22(23)2)32(36)41-28-11-7-26(8-12-28)39-18-16-38-17-19-40-27-9-13-29(14-10-27)42-33(37)25-6-15-30(34)31(35)21-25/h4-15,20-21H,3,16-19H2,1-2H3. The zero-order valence-corrected chi connectivity index (χ0v) is 27.5. The number of carbonyl (C=O) groups is 2.